The lowest BCUT2D eigenvalue weighted by Gasteiger charge is -2.28. The lowest BCUT2D eigenvalue weighted by atomic mass is 9.82. The number of aliphatic hydroxyl groups excluding tert-OH is 2. The predicted octanol–water partition coefficient (Wildman–Crippen LogP) is 3.25. The smallest absolute Gasteiger partial charge is 0.269 e. The maximum absolute atomic E-state index is 13.9. The van der Waals surface area contributed by atoms with Gasteiger partial charge in [0.2, 0.25) is 5.91 Å². The van der Waals surface area contributed by atoms with Crippen molar-refractivity contribution in [1.29, 1.82) is 0 Å². The first-order chi connectivity index (χ1) is 21.4. The van der Waals surface area contributed by atoms with Gasteiger partial charge in [-0.05, 0) is 36.2 Å². The van der Waals surface area contributed by atoms with Crippen LogP contribution in [0.4, 0.5) is 17.1 Å². The van der Waals surface area contributed by atoms with Crippen molar-refractivity contribution in [2.75, 3.05) is 23.4 Å². The van der Waals surface area contributed by atoms with Gasteiger partial charge >= 0.3 is 0 Å². The summed E-state index contributed by atoms with van der Waals surface area (Å²) in [6.07, 6.45) is 1.80. The molecule has 45 heavy (non-hydrogen) atoms. The largest absolute Gasteiger partial charge is 0.395 e. The molecule has 12 nitrogen and oxygen atoms in total. The van der Waals surface area contributed by atoms with Crippen molar-refractivity contribution in [2.24, 2.45) is 5.92 Å². The third-order valence-corrected chi connectivity index (χ3v) is 7.69. The Bertz CT molecular complexity index is 1590. The standard InChI is InChI=1S/C33H36N4O8/c1-22(8-6-13-30(40)35(16-17-38)20-24-9-4-3-5-10-24)33(43)28-19-27(37(44)45)14-15-29(28)36(32(33)42)21-25-11-7-12-26(18-25)34-31(41)23(2)39/h3-12,14-15,18-19,22-23,38-39,43H,13,16-17,20-21H2,1-2H3,(H,34,41)/b8-6+/t22-,23+,33+/m1/s1. The summed E-state index contributed by atoms with van der Waals surface area (Å²) < 4.78 is 0. The van der Waals surface area contributed by atoms with Gasteiger partial charge in [0.1, 0.15) is 6.10 Å². The molecule has 0 radical (unpaired) electrons. The van der Waals surface area contributed by atoms with Gasteiger partial charge in [-0.1, -0.05) is 61.5 Å². The number of benzene rings is 3. The lowest BCUT2D eigenvalue weighted by Crippen LogP contribution is -2.44. The molecule has 0 bridgehead atoms. The van der Waals surface area contributed by atoms with E-state index in [1.54, 1.807) is 37.3 Å². The van der Waals surface area contributed by atoms with E-state index in [0.717, 1.165) is 5.56 Å². The summed E-state index contributed by atoms with van der Waals surface area (Å²) >= 11 is 0. The molecule has 1 aliphatic rings. The van der Waals surface area contributed by atoms with Crippen LogP contribution in [-0.2, 0) is 33.1 Å². The van der Waals surface area contributed by atoms with Gasteiger partial charge in [-0.2, -0.15) is 0 Å². The number of carbonyl (C=O) groups excluding carboxylic acids is 3. The van der Waals surface area contributed by atoms with Crippen LogP contribution in [0.5, 0.6) is 0 Å². The number of nitro groups is 1. The number of fused-ring (bicyclic) bond motifs is 1. The van der Waals surface area contributed by atoms with E-state index in [1.807, 2.05) is 30.3 Å². The Morgan fingerprint density at radius 3 is 2.44 bits per heavy atom. The zero-order chi connectivity index (χ0) is 32.7. The molecule has 3 aromatic rings. The second-order valence-electron chi connectivity index (χ2n) is 10.9. The minimum absolute atomic E-state index is 0.0190. The Labute approximate surface area is 260 Å². The molecule has 12 heteroatoms. The van der Waals surface area contributed by atoms with Gasteiger partial charge in [-0.25, -0.2) is 0 Å². The average molecular weight is 617 g/mol. The van der Waals surface area contributed by atoms with Crippen LogP contribution in [0.3, 0.4) is 0 Å². The van der Waals surface area contributed by atoms with Gasteiger partial charge in [0, 0.05) is 48.8 Å². The highest BCUT2D eigenvalue weighted by Crippen LogP contribution is 2.47. The van der Waals surface area contributed by atoms with E-state index in [0.29, 0.717) is 23.5 Å². The third kappa shape index (κ3) is 7.43. The van der Waals surface area contributed by atoms with Gasteiger partial charge < -0.3 is 30.4 Å². The number of amides is 3. The first-order valence-electron chi connectivity index (χ1n) is 14.5. The molecule has 0 spiro atoms. The van der Waals surface area contributed by atoms with Crippen LogP contribution in [0, 0.1) is 16.0 Å². The van der Waals surface area contributed by atoms with Crippen molar-refractivity contribution in [3.8, 4) is 0 Å². The maximum Gasteiger partial charge on any atom is 0.269 e. The number of carbonyl (C=O) groups is 3. The van der Waals surface area contributed by atoms with Crippen LogP contribution in [0.15, 0.2) is 84.9 Å². The number of nitrogens with one attached hydrogen (secondary N) is 1. The number of nitro benzene ring substituents is 1. The number of hydrogen-bond acceptors (Lipinski definition) is 8. The Morgan fingerprint density at radius 2 is 1.78 bits per heavy atom. The number of non-ortho nitro benzene ring substituents is 1. The van der Waals surface area contributed by atoms with Crippen molar-refractivity contribution >= 4 is 34.8 Å². The Balaban J connectivity index is 1.58. The van der Waals surface area contributed by atoms with Crippen molar-refractivity contribution in [3.05, 3.63) is 112 Å². The molecule has 1 aliphatic heterocycles. The van der Waals surface area contributed by atoms with E-state index in [4.69, 9.17) is 0 Å². The Morgan fingerprint density at radius 1 is 1.07 bits per heavy atom. The summed E-state index contributed by atoms with van der Waals surface area (Å²) in [5.41, 5.74) is -0.222. The summed E-state index contributed by atoms with van der Waals surface area (Å²) in [5, 5.41) is 45.1. The van der Waals surface area contributed by atoms with Crippen molar-refractivity contribution < 1.29 is 34.6 Å². The zero-order valence-corrected chi connectivity index (χ0v) is 25.0. The number of nitrogens with zero attached hydrogens (tertiary/aromatic N) is 3. The minimum Gasteiger partial charge on any atom is -0.395 e. The second-order valence-corrected chi connectivity index (χ2v) is 10.9. The molecule has 4 rings (SSSR count). The second kappa shape index (κ2) is 14.2. The molecular weight excluding hydrogens is 580 g/mol. The molecule has 0 saturated heterocycles. The van der Waals surface area contributed by atoms with Gasteiger partial charge in [-0.15, -0.1) is 0 Å². The van der Waals surface area contributed by atoms with E-state index >= 15 is 0 Å². The maximum atomic E-state index is 13.9. The number of anilines is 2. The first kappa shape index (κ1) is 33.0. The molecule has 3 aromatic carbocycles. The molecule has 0 fully saturated rings. The highest BCUT2D eigenvalue weighted by molar-refractivity contribution is 6.07. The van der Waals surface area contributed by atoms with Gasteiger partial charge in [0.15, 0.2) is 5.60 Å². The predicted molar refractivity (Wildman–Crippen MR) is 167 cm³/mol. The summed E-state index contributed by atoms with van der Waals surface area (Å²) in [5.74, 6) is -2.46. The van der Waals surface area contributed by atoms with Gasteiger partial charge in [0.05, 0.1) is 23.8 Å². The van der Waals surface area contributed by atoms with E-state index in [-0.39, 0.29) is 43.3 Å². The quantitative estimate of drug-likeness (QED) is 0.129. The fourth-order valence-corrected chi connectivity index (χ4v) is 5.24. The third-order valence-electron chi connectivity index (χ3n) is 7.69. The summed E-state index contributed by atoms with van der Waals surface area (Å²) in [4.78, 5) is 52.7. The van der Waals surface area contributed by atoms with Crippen LogP contribution in [-0.4, -0.2) is 62.1 Å². The molecule has 4 N–H and O–H groups in total. The van der Waals surface area contributed by atoms with Crippen LogP contribution in [0.1, 0.15) is 37.0 Å². The Kier molecular flexibility index (Phi) is 10.4. The van der Waals surface area contributed by atoms with Crippen LogP contribution in [0.2, 0.25) is 0 Å². The normalized spacial score (nSPS) is 17.2. The van der Waals surface area contributed by atoms with Crippen molar-refractivity contribution in [2.45, 2.75) is 45.1 Å². The van der Waals surface area contributed by atoms with E-state index in [9.17, 15) is 39.8 Å². The molecule has 236 valence electrons. The SMILES string of the molecule is C[C@H](O)C(=O)Nc1cccc(CN2C(=O)[C@](O)([C@H](C)/C=C/CC(=O)N(CCO)Cc3ccccc3)c3cc([N+](=O)[O-])ccc32)c1. The highest BCUT2D eigenvalue weighted by atomic mass is 16.6. The van der Waals surface area contributed by atoms with E-state index < -0.39 is 34.4 Å². The molecule has 1 heterocycles. The molecule has 0 aromatic heterocycles. The summed E-state index contributed by atoms with van der Waals surface area (Å²) in [6.45, 7) is 3.13. The van der Waals surface area contributed by atoms with Crippen molar-refractivity contribution in [1.82, 2.24) is 4.90 Å². The van der Waals surface area contributed by atoms with Gasteiger partial charge in [0.25, 0.3) is 17.5 Å². The van der Waals surface area contributed by atoms with E-state index in [1.165, 1.54) is 41.0 Å². The topological polar surface area (TPSA) is 174 Å². The first-order valence-corrected chi connectivity index (χ1v) is 14.5. The average Bonchev–Trinajstić information content (AvgIpc) is 3.23. The van der Waals surface area contributed by atoms with Gasteiger partial charge in [-0.3, -0.25) is 24.5 Å². The van der Waals surface area contributed by atoms with E-state index in [2.05, 4.69) is 5.32 Å². The molecule has 3 atom stereocenters. The Hall–Kier alpha value is -4.91. The zero-order valence-electron chi connectivity index (χ0n) is 25.0. The highest BCUT2D eigenvalue weighted by Gasteiger charge is 2.53. The lowest BCUT2D eigenvalue weighted by molar-refractivity contribution is -0.385. The van der Waals surface area contributed by atoms with Crippen molar-refractivity contribution in [3.63, 3.8) is 0 Å². The molecule has 0 aliphatic carbocycles. The number of aliphatic hydroxyl groups is 3. The number of rotatable bonds is 13. The number of hydrogen-bond donors (Lipinski definition) is 4. The molecular formula is C33H36N4O8. The minimum atomic E-state index is -2.17. The summed E-state index contributed by atoms with van der Waals surface area (Å²) in [7, 11) is 0. The van der Waals surface area contributed by atoms with Crippen LogP contribution < -0.4 is 10.2 Å². The summed E-state index contributed by atoms with van der Waals surface area (Å²) in [6, 6.07) is 19.8. The monoisotopic (exact) mass is 616 g/mol. The molecule has 3 amide bonds. The fraction of sp³-hybridized carbons (Fsp3) is 0.303. The van der Waals surface area contributed by atoms with Crippen LogP contribution >= 0.6 is 0 Å². The fourth-order valence-electron chi connectivity index (χ4n) is 5.24. The van der Waals surface area contributed by atoms with Crippen LogP contribution in [0.25, 0.3) is 0 Å². The molecule has 0 saturated carbocycles. The molecule has 0 unspecified atom stereocenters.